The maximum absolute atomic E-state index is 11.6. The van der Waals surface area contributed by atoms with Gasteiger partial charge in [0.1, 0.15) is 29.0 Å². The van der Waals surface area contributed by atoms with Gasteiger partial charge in [-0.05, 0) is 30.7 Å². The maximum atomic E-state index is 11.6. The summed E-state index contributed by atoms with van der Waals surface area (Å²) in [5, 5.41) is 8.95. The molecule has 0 amide bonds. The molecular formula is C14H11ClN2O3S. The van der Waals surface area contributed by atoms with Gasteiger partial charge in [-0.3, -0.25) is 0 Å². The lowest BCUT2D eigenvalue weighted by Crippen LogP contribution is -2.03. The highest BCUT2D eigenvalue weighted by atomic mass is 35.7. The Labute approximate surface area is 127 Å². The number of ether oxygens (including phenoxy) is 1. The molecule has 5 nitrogen and oxygen atoms in total. The second kappa shape index (κ2) is 6.12. The molecular weight excluding hydrogens is 312 g/mol. The van der Waals surface area contributed by atoms with E-state index >= 15 is 0 Å². The van der Waals surface area contributed by atoms with Crippen molar-refractivity contribution in [3.63, 3.8) is 0 Å². The van der Waals surface area contributed by atoms with Gasteiger partial charge in [0.05, 0.1) is 0 Å². The first-order chi connectivity index (χ1) is 9.91. The summed E-state index contributed by atoms with van der Waals surface area (Å²) in [6.45, 7) is 1.78. The van der Waals surface area contributed by atoms with Crippen molar-refractivity contribution in [2.45, 2.75) is 18.4 Å². The molecule has 1 heterocycles. The zero-order valence-electron chi connectivity index (χ0n) is 11.1. The van der Waals surface area contributed by atoms with Gasteiger partial charge in [0.25, 0.3) is 9.05 Å². The van der Waals surface area contributed by atoms with Crippen molar-refractivity contribution < 1.29 is 13.2 Å². The van der Waals surface area contributed by atoms with E-state index in [1.165, 1.54) is 18.3 Å². The third-order valence-electron chi connectivity index (χ3n) is 2.74. The van der Waals surface area contributed by atoms with Crippen molar-refractivity contribution in [1.29, 1.82) is 5.26 Å². The third kappa shape index (κ3) is 3.72. The largest absolute Gasteiger partial charge is 0.487 e. The molecule has 1 aromatic carbocycles. The van der Waals surface area contributed by atoms with Crippen LogP contribution in [-0.4, -0.2) is 13.4 Å². The fraction of sp³-hybridized carbons (Fsp3) is 0.143. The Morgan fingerprint density at radius 3 is 2.81 bits per heavy atom. The maximum Gasteiger partial charge on any atom is 0.264 e. The van der Waals surface area contributed by atoms with Crippen LogP contribution in [0.4, 0.5) is 0 Å². The minimum absolute atomic E-state index is 0.0270. The molecule has 0 saturated heterocycles. The van der Waals surface area contributed by atoms with E-state index in [1.807, 2.05) is 6.07 Å². The molecule has 0 aliphatic rings. The van der Waals surface area contributed by atoms with E-state index in [1.54, 1.807) is 25.1 Å². The molecule has 2 aromatic rings. The number of benzene rings is 1. The average molecular weight is 323 g/mol. The lowest BCUT2D eigenvalue weighted by atomic mass is 10.2. The van der Waals surface area contributed by atoms with Gasteiger partial charge in [0.2, 0.25) is 0 Å². The quantitative estimate of drug-likeness (QED) is 0.808. The van der Waals surface area contributed by atoms with Crippen molar-refractivity contribution in [3.05, 3.63) is 53.3 Å². The molecule has 2 rings (SSSR count). The monoisotopic (exact) mass is 322 g/mol. The van der Waals surface area contributed by atoms with Crippen LogP contribution in [0.3, 0.4) is 0 Å². The number of aromatic nitrogens is 1. The van der Waals surface area contributed by atoms with Crippen LogP contribution in [-0.2, 0) is 15.7 Å². The Hall–Kier alpha value is -2.10. The summed E-state index contributed by atoms with van der Waals surface area (Å²) >= 11 is 0. The van der Waals surface area contributed by atoms with Gasteiger partial charge in [-0.1, -0.05) is 12.1 Å². The standard InChI is InChI=1S/C14H11ClN2O3S/c1-10-4-5-13(14(7-10)21(15,18)19)20-9-11-3-2-6-17-12(11)8-16/h2-7H,9H2,1H3. The number of nitriles is 1. The predicted molar refractivity (Wildman–Crippen MR) is 77.5 cm³/mol. The Morgan fingerprint density at radius 2 is 2.14 bits per heavy atom. The Kier molecular flexibility index (Phi) is 4.46. The van der Waals surface area contributed by atoms with Crippen molar-refractivity contribution >= 4 is 19.7 Å². The molecule has 1 aromatic heterocycles. The van der Waals surface area contributed by atoms with Gasteiger partial charge < -0.3 is 4.74 Å². The molecule has 108 valence electrons. The zero-order valence-corrected chi connectivity index (χ0v) is 12.6. The van der Waals surface area contributed by atoms with Gasteiger partial charge in [-0.25, -0.2) is 13.4 Å². The predicted octanol–water partition coefficient (Wildman–Crippen LogP) is 2.77. The normalized spacial score (nSPS) is 10.9. The van der Waals surface area contributed by atoms with Crippen LogP contribution in [0.1, 0.15) is 16.8 Å². The Balaban J connectivity index is 2.31. The summed E-state index contributed by atoms with van der Waals surface area (Å²) in [4.78, 5) is 3.82. The minimum atomic E-state index is -3.91. The highest BCUT2D eigenvalue weighted by Gasteiger charge is 2.17. The molecule has 7 heteroatoms. The average Bonchev–Trinajstić information content (AvgIpc) is 2.45. The molecule has 0 bridgehead atoms. The number of pyridine rings is 1. The SMILES string of the molecule is Cc1ccc(OCc2cccnc2C#N)c(S(=O)(=O)Cl)c1. The van der Waals surface area contributed by atoms with Gasteiger partial charge in [-0.2, -0.15) is 5.26 Å². The number of nitrogens with zero attached hydrogens (tertiary/aromatic N) is 2. The Morgan fingerprint density at radius 1 is 1.38 bits per heavy atom. The molecule has 0 N–H and O–H groups in total. The number of rotatable bonds is 4. The molecule has 0 spiro atoms. The molecule has 0 saturated carbocycles. The fourth-order valence-electron chi connectivity index (χ4n) is 1.74. The molecule has 0 atom stereocenters. The van der Waals surface area contributed by atoms with Crippen molar-refractivity contribution in [1.82, 2.24) is 4.98 Å². The van der Waals surface area contributed by atoms with Crippen LogP contribution in [0, 0.1) is 18.3 Å². The first-order valence-corrected chi connectivity index (χ1v) is 8.25. The van der Waals surface area contributed by atoms with Crippen molar-refractivity contribution in [2.24, 2.45) is 0 Å². The van der Waals surface area contributed by atoms with Gasteiger partial charge in [-0.15, -0.1) is 0 Å². The first kappa shape index (κ1) is 15.3. The highest BCUT2D eigenvalue weighted by Crippen LogP contribution is 2.28. The first-order valence-electron chi connectivity index (χ1n) is 5.94. The second-order valence-corrected chi connectivity index (χ2v) is 6.83. The van der Waals surface area contributed by atoms with Crippen molar-refractivity contribution in [2.75, 3.05) is 0 Å². The van der Waals surface area contributed by atoms with E-state index in [9.17, 15) is 8.42 Å². The minimum Gasteiger partial charge on any atom is -0.487 e. The molecule has 21 heavy (non-hydrogen) atoms. The van der Waals surface area contributed by atoms with E-state index in [4.69, 9.17) is 20.7 Å². The van der Waals surface area contributed by atoms with E-state index < -0.39 is 9.05 Å². The van der Waals surface area contributed by atoms with Gasteiger partial charge in [0, 0.05) is 22.4 Å². The van der Waals surface area contributed by atoms with Crippen LogP contribution >= 0.6 is 10.7 Å². The molecule has 0 fully saturated rings. The van der Waals surface area contributed by atoms with Crippen molar-refractivity contribution in [3.8, 4) is 11.8 Å². The van der Waals surface area contributed by atoms with Crippen LogP contribution in [0.25, 0.3) is 0 Å². The van der Waals surface area contributed by atoms with E-state index in [0.29, 0.717) is 5.56 Å². The summed E-state index contributed by atoms with van der Waals surface area (Å²) in [5.74, 6) is 0.142. The summed E-state index contributed by atoms with van der Waals surface area (Å²) < 4.78 is 28.6. The molecule has 0 aliphatic carbocycles. The topological polar surface area (TPSA) is 80.0 Å². The van der Waals surface area contributed by atoms with Gasteiger partial charge in [0.15, 0.2) is 0 Å². The van der Waals surface area contributed by atoms with E-state index in [2.05, 4.69) is 4.98 Å². The Bertz CT molecular complexity index is 813. The summed E-state index contributed by atoms with van der Waals surface area (Å²) in [6, 6.07) is 10.0. The van der Waals surface area contributed by atoms with Crippen LogP contribution in [0.2, 0.25) is 0 Å². The smallest absolute Gasteiger partial charge is 0.264 e. The number of hydrogen-bond acceptors (Lipinski definition) is 5. The number of halogens is 1. The van der Waals surface area contributed by atoms with E-state index in [-0.39, 0.29) is 22.9 Å². The molecule has 0 radical (unpaired) electrons. The second-order valence-electron chi connectivity index (χ2n) is 4.30. The summed E-state index contributed by atoms with van der Waals surface area (Å²) in [6.07, 6.45) is 1.50. The summed E-state index contributed by atoms with van der Waals surface area (Å²) in [7, 11) is 1.49. The lowest BCUT2D eigenvalue weighted by molar-refractivity contribution is 0.297. The molecule has 0 unspecified atom stereocenters. The highest BCUT2D eigenvalue weighted by molar-refractivity contribution is 8.13. The third-order valence-corrected chi connectivity index (χ3v) is 4.09. The fourth-order valence-corrected chi connectivity index (χ4v) is 2.79. The van der Waals surface area contributed by atoms with Gasteiger partial charge >= 0.3 is 0 Å². The van der Waals surface area contributed by atoms with Crippen LogP contribution in [0.5, 0.6) is 5.75 Å². The zero-order chi connectivity index (χ0) is 15.5. The van der Waals surface area contributed by atoms with Crippen LogP contribution < -0.4 is 4.74 Å². The van der Waals surface area contributed by atoms with E-state index in [0.717, 1.165) is 5.56 Å². The molecule has 0 aliphatic heterocycles. The number of hydrogen-bond donors (Lipinski definition) is 0. The summed E-state index contributed by atoms with van der Waals surface area (Å²) in [5.41, 5.74) is 1.55. The van der Waals surface area contributed by atoms with Crippen LogP contribution in [0.15, 0.2) is 41.4 Å². The lowest BCUT2D eigenvalue weighted by Gasteiger charge is -2.10. The number of aryl methyl sites for hydroxylation is 1.